The summed E-state index contributed by atoms with van der Waals surface area (Å²) in [5.41, 5.74) is 3.66. The summed E-state index contributed by atoms with van der Waals surface area (Å²) < 4.78 is 0. The van der Waals surface area contributed by atoms with Crippen molar-refractivity contribution in [1.29, 1.82) is 5.26 Å². The molecule has 1 aromatic carbocycles. The average molecular weight is 172 g/mol. The molecule has 13 heavy (non-hydrogen) atoms. The lowest BCUT2D eigenvalue weighted by Gasteiger charge is -2.08. The van der Waals surface area contributed by atoms with Gasteiger partial charge >= 0.3 is 0 Å². The van der Waals surface area contributed by atoms with Gasteiger partial charge in [0.1, 0.15) is 0 Å². The van der Waals surface area contributed by atoms with Gasteiger partial charge in [-0.3, -0.25) is 0 Å². The highest BCUT2D eigenvalue weighted by Gasteiger charge is 2.02. The van der Waals surface area contributed by atoms with Crippen LogP contribution in [0.4, 0.5) is 5.69 Å². The molecule has 0 atom stereocenters. The molecule has 0 saturated heterocycles. The number of nitriles is 1. The Hall–Kier alpha value is -1.75. The van der Waals surface area contributed by atoms with Gasteiger partial charge in [-0.25, -0.2) is 0 Å². The predicted molar refractivity (Wildman–Crippen MR) is 55.4 cm³/mol. The lowest BCUT2D eigenvalue weighted by Crippen LogP contribution is -1.94. The van der Waals surface area contributed by atoms with E-state index in [1.54, 1.807) is 6.07 Å². The zero-order valence-corrected chi connectivity index (χ0v) is 7.89. The monoisotopic (exact) mass is 172 g/mol. The summed E-state index contributed by atoms with van der Waals surface area (Å²) >= 11 is 0. The summed E-state index contributed by atoms with van der Waals surface area (Å²) in [7, 11) is 1.84. The number of nitrogens with one attached hydrogen (secondary N) is 1. The highest BCUT2D eigenvalue weighted by molar-refractivity contribution is 5.74. The second-order valence-corrected chi connectivity index (χ2v) is 2.90. The van der Waals surface area contributed by atoms with Crippen molar-refractivity contribution < 1.29 is 0 Å². The minimum absolute atomic E-state index is 0.661. The summed E-state index contributed by atoms with van der Waals surface area (Å²) in [6, 6.07) is 7.63. The molecule has 0 spiro atoms. The van der Waals surface area contributed by atoms with Gasteiger partial charge in [0.2, 0.25) is 0 Å². The van der Waals surface area contributed by atoms with Gasteiger partial charge in [-0.2, -0.15) is 5.26 Å². The van der Waals surface area contributed by atoms with Gasteiger partial charge in [0.15, 0.2) is 0 Å². The normalized spacial score (nSPS) is 9.00. The highest BCUT2D eigenvalue weighted by atomic mass is 14.8. The smallest absolute Gasteiger partial charge is 0.0992 e. The molecule has 0 aromatic heterocycles. The van der Waals surface area contributed by atoms with Gasteiger partial charge in [0, 0.05) is 12.7 Å². The molecule has 0 aliphatic heterocycles. The molecule has 2 heteroatoms. The number of benzene rings is 1. The van der Waals surface area contributed by atoms with E-state index in [4.69, 9.17) is 5.26 Å². The van der Waals surface area contributed by atoms with E-state index in [0.29, 0.717) is 5.56 Å². The van der Waals surface area contributed by atoms with Crippen LogP contribution in [0.1, 0.15) is 18.1 Å². The largest absolute Gasteiger partial charge is 0.388 e. The van der Waals surface area contributed by atoms with Crippen LogP contribution in [0.25, 0.3) is 5.57 Å². The number of anilines is 1. The fourth-order valence-electron chi connectivity index (χ4n) is 1.19. The molecule has 66 valence electrons. The Bertz CT molecular complexity index is 372. The van der Waals surface area contributed by atoms with Gasteiger partial charge in [-0.15, -0.1) is 0 Å². The molecule has 0 heterocycles. The Morgan fingerprint density at radius 3 is 2.69 bits per heavy atom. The van der Waals surface area contributed by atoms with Crippen LogP contribution in [-0.4, -0.2) is 7.05 Å². The third-order valence-corrected chi connectivity index (χ3v) is 1.88. The van der Waals surface area contributed by atoms with Crippen LogP contribution in [0, 0.1) is 11.3 Å². The molecule has 0 radical (unpaired) electrons. The fourth-order valence-corrected chi connectivity index (χ4v) is 1.19. The zero-order valence-electron chi connectivity index (χ0n) is 7.89. The number of nitrogens with zero attached hydrogens (tertiary/aromatic N) is 1. The molecule has 1 N–H and O–H groups in total. The number of rotatable bonds is 2. The molecule has 0 bridgehead atoms. The van der Waals surface area contributed by atoms with E-state index in [2.05, 4.69) is 18.0 Å². The van der Waals surface area contributed by atoms with E-state index in [0.717, 1.165) is 16.8 Å². The topological polar surface area (TPSA) is 35.8 Å². The number of hydrogen-bond donors (Lipinski definition) is 1. The Morgan fingerprint density at radius 2 is 2.23 bits per heavy atom. The summed E-state index contributed by atoms with van der Waals surface area (Å²) in [5, 5.41) is 11.7. The van der Waals surface area contributed by atoms with Gasteiger partial charge < -0.3 is 5.32 Å². The molecule has 1 rings (SSSR count). The van der Waals surface area contributed by atoms with E-state index in [9.17, 15) is 0 Å². The summed E-state index contributed by atoms with van der Waals surface area (Å²) in [5.74, 6) is 0. The van der Waals surface area contributed by atoms with E-state index in [1.807, 2.05) is 26.1 Å². The van der Waals surface area contributed by atoms with E-state index in [1.165, 1.54) is 0 Å². The maximum absolute atomic E-state index is 8.69. The number of allylic oxidation sites excluding steroid dienone is 1. The molecule has 0 aliphatic rings. The van der Waals surface area contributed by atoms with Gasteiger partial charge in [0.05, 0.1) is 11.6 Å². The van der Waals surface area contributed by atoms with Crippen molar-refractivity contribution in [2.45, 2.75) is 6.92 Å². The second kappa shape index (κ2) is 3.77. The molecule has 0 unspecified atom stereocenters. The Kier molecular flexibility index (Phi) is 2.71. The van der Waals surface area contributed by atoms with Crippen LogP contribution in [0.5, 0.6) is 0 Å². The molecule has 1 aromatic rings. The molecule has 2 nitrogen and oxygen atoms in total. The summed E-state index contributed by atoms with van der Waals surface area (Å²) in [4.78, 5) is 0. The summed E-state index contributed by atoms with van der Waals surface area (Å²) in [6.07, 6.45) is 0. The Labute approximate surface area is 78.5 Å². The standard InChI is InChI=1S/C11H12N2/c1-8(2)10-5-4-9(7-12)6-11(10)13-3/h4-6,13H,1H2,2-3H3. The molecule has 0 saturated carbocycles. The van der Waals surface area contributed by atoms with Gasteiger partial charge in [-0.1, -0.05) is 12.6 Å². The predicted octanol–water partition coefficient (Wildman–Crippen LogP) is 2.63. The average Bonchev–Trinajstić information content (AvgIpc) is 2.16. The first-order chi connectivity index (χ1) is 6.19. The van der Waals surface area contributed by atoms with Crippen LogP contribution in [0.2, 0.25) is 0 Å². The third kappa shape index (κ3) is 1.88. The van der Waals surface area contributed by atoms with Crippen molar-refractivity contribution in [1.82, 2.24) is 0 Å². The second-order valence-electron chi connectivity index (χ2n) is 2.90. The zero-order chi connectivity index (χ0) is 9.84. The van der Waals surface area contributed by atoms with Gasteiger partial charge in [0.25, 0.3) is 0 Å². The van der Waals surface area contributed by atoms with Crippen LogP contribution in [0.15, 0.2) is 24.8 Å². The molecule has 0 amide bonds. The third-order valence-electron chi connectivity index (χ3n) is 1.88. The lowest BCUT2D eigenvalue weighted by atomic mass is 10.0. The minimum atomic E-state index is 0.661. The van der Waals surface area contributed by atoms with Crippen LogP contribution < -0.4 is 5.32 Å². The van der Waals surface area contributed by atoms with Crippen LogP contribution in [0.3, 0.4) is 0 Å². The maximum Gasteiger partial charge on any atom is 0.0992 e. The van der Waals surface area contributed by atoms with Crippen molar-refractivity contribution in [3.63, 3.8) is 0 Å². The first-order valence-electron chi connectivity index (χ1n) is 4.07. The number of hydrogen-bond acceptors (Lipinski definition) is 2. The van der Waals surface area contributed by atoms with Crippen molar-refractivity contribution in [3.8, 4) is 6.07 Å². The first kappa shape index (κ1) is 9.34. The SMILES string of the molecule is C=C(C)c1ccc(C#N)cc1NC. The summed E-state index contributed by atoms with van der Waals surface area (Å²) in [6.45, 7) is 5.81. The first-order valence-corrected chi connectivity index (χ1v) is 4.07. The molecule has 0 fully saturated rings. The van der Waals surface area contributed by atoms with Gasteiger partial charge in [-0.05, 0) is 30.2 Å². The maximum atomic E-state index is 8.69. The Morgan fingerprint density at radius 1 is 1.54 bits per heavy atom. The fraction of sp³-hybridized carbons (Fsp3) is 0.182. The van der Waals surface area contributed by atoms with E-state index < -0.39 is 0 Å². The van der Waals surface area contributed by atoms with Crippen molar-refractivity contribution in [3.05, 3.63) is 35.9 Å². The van der Waals surface area contributed by atoms with Crippen molar-refractivity contribution >= 4 is 11.3 Å². The van der Waals surface area contributed by atoms with Crippen molar-refractivity contribution in [2.24, 2.45) is 0 Å². The quantitative estimate of drug-likeness (QED) is 0.744. The van der Waals surface area contributed by atoms with Crippen LogP contribution >= 0.6 is 0 Å². The molecule has 0 aliphatic carbocycles. The van der Waals surface area contributed by atoms with Crippen molar-refractivity contribution in [2.75, 3.05) is 12.4 Å². The van der Waals surface area contributed by atoms with E-state index >= 15 is 0 Å². The van der Waals surface area contributed by atoms with Crippen LogP contribution in [-0.2, 0) is 0 Å². The minimum Gasteiger partial charge on any atom is -0.388 e. The Balaban J connectivity index is 3.25. The molecular weight excluding hydrogens is 160 g/mol. The molecular formula is C11H12N2. The van der Waals surface area contributed by atoms with E-state index in [-0.39, 0.29) is 0 Å². The highest BCUT2D eigenvalue weighted by Crippen LogP contribution is 2.22. The lowest BCUT2D eigenvalue weighted by molar-refractivity contribution is 1.43.